The van der Waals surface area contributed by atoms with Gasteiger partial charge in [0.1, 0.15) is 0 Å². The van der Waals surface area contributed by atoms with E-state index < -0.39 is 0 Å². The number of hydrogen-bond acceptors (Lipinski definition) is 3. The Morgan fingerprint density at radius 1 is 1.22 bits per heavy atom. The van der Waals surface area contributed by atoms with Gasteiger partial charge in [-0.1, -0.05) is 13.8 Å². The summed E-state index contributed by atoms with van der Waals surface area (Å²) in [5, 5.41) is 3.11. The number of carbonyl (C=O) groups is 1. The normalized spacial score (nSPS) is 11.3. The van der Waals surface area contributed by atoms with Crippen molar-refractivity contribution in [3.05, 3.63) is 29.8 Å². The molecular weight excluding hydrogens is 226 g/mol. The summed E-state index contributed by atoms with van der Waals surface area (Å²) in [6, 6.07) is 6.95. The third-order valence-electron chi connectivity index (χ3n) is 3.53. The van der Waals surface area contributed by atoms with Gasteiger partial charge in [-0.15, -0.1) is 0 Å². The van der Waals surface area contributed by atoms with Crippen LogP contribution in [0.4, 0.5) is 5.69 Å². The molecule has 0 fully saturated rings. The van der Waals surface area contributed by atoms with Gasteiger partial charge in [0.25, 0.3) is 5.91 Å². The van der Waals surface area contributed by atoms with Crippen LogP contribution in [0.2, 0.25) is 0 Å². The Kier molecular flexibility index (Phi) is 5.16. The van der Waals surface area contributed by atoms with E-state index in [-0.39, 0.29) is 11.4 Å². The lowest BCUT2D eigenvalue weighted by Crippen LogP contribution is -2.48. The van der Waals surface area contributed by atoms with Crippen molar-refractivity contribution < 1.29 is 4.79 Å². The van der Waals surface area contributed by atoms with Gasteiger partial charge < -0.3 is 16.8 Å². The van der Waals surface area contributed by atoms with Crippen LogP contribution in [0.1, 0.15) is 43.5 Å². The molecule has 18 heavy (non-hydrogen) atoms. The first-order valence-electron chi connectivity index (χ1n) is 6.45. The zero-order valence-electron chi connectivity index (χ0n) is 11.2. The second kappa shape index (κ2) is 6.40. The fourth-order valence-electron chi connectivity index (χ4n) is 2.07. The molecule has 0 aliphatic heterocycles. The number of nitrogens with one attached hydrogen (secondary N) is 1. The SMILES string of the molecule is CCC(CC)(CCN)NC(=O)c1ccc(N)cc1. The highest BCUT2D eigenvalue weighted by atomic mass is 16.1. The Morgan fingerprint density at radius 3 is 2.22 bits per heavy atom. The molecule has 0 heterocycles. The monoisotopic (exact) mass is 249 g/mol. The van der Waals surface area contributed by atoms with Crippen molar-refractivity contribution in [3.63, 3.8) is 0 Å². The largest absolute Gasteiger partial charge is 0.399 e. The molecule has 0 bridgehead atoms. The molecule has 100 valence electrons. The Morgan fingerprint density at radius 2 is 1.78 bits per heavy atom. The molecule has 0 unspecified atom stereocenters. The minimum Gasteiger partial charge on any atom is -0.399 e. The predicted octanol–water partition coefficient (Wildman–Crippen LogP) is 1.91. The minimum atomic E-state index is -0.201. The van der Waals surface area contributed by atoms with Crippen LogP contribution in [0.5, 0.6) is 0 Å². The Hall–Kier alpha value is -1.55. The lowest BCUT2D eigenvalue weighted by atomic mass is 9.88. The maximum atomic E-state index is 12.2. The van der Waals surface area contributed by atoms with Crippen LogP contribution in [-0.4, -0.2) is 18.0 Å². The van der Waals surface area contributed by atoms with Gasteiger partial charge in [-0.3, -0.25) is 4.79 Å². The topological polar surface area (TPSA) is 81.1 Å². The van der Waals surface area contributed by atoms with E-state index in [1.165, 1.54) is 0 Å². The quantitative estimate of drug-likeness (QED) is 0.674. The van der Waals surface area contributed by atoms with Crippen LogP contribution >= 0.6 is 0 Å². The van der Waals surface area contributed by atoms with Gasteiger partial charge in [0.2, 0.25) is 0 Å². The number of anilines is 1. The molecule has 0 radical (unpaired) electrons. The molecule has 1 aromatic rings. The number of amides is 1. The number of rotatable bonds is 6. The van der Waals surface area contributed by atoms with Crippen molar-refractivity contribution in [2.24, 2.45) is 5.73 Å². The van der Waals surface area contributed by atoms with Gasteiger partial charge in [0.15, 0.2) is 0 Å². The van der Waals surface area contributed by atoms with Crippen LogP contribution in [-0.2, 0) is 0 Å². The average Bonchev–Trinajstić information content (AvgIpc) is 2.38. The van der Waals surface area contributed by atoms with E-state index in [4.69, 9.17) is 11.5 Å². The van der Waals surface area contributed by atoms with E-state index in [1.54, 1.807) is 24.3 Å². The van der Waals surface area contributed by atoms with Crippen LogP contribution in [0, 0.1) is 0 Å². The molecule has 0 aliphatic rings. The highest BCUT2D eigenvalue weighted by molar-refractivity contribution is 5.95. The summed E-state index contributed by atoms with van der Waals surface area (Å²) in [6.07, 6.45) is 2.55. The minimum absolute atomic E-state index is 0.0628. The van der Waals surface area contributed by atoms with Gasteiger partial charge in [-0.25, -0.2) is 0 Å². The summed E-state index contributed by atoms with van der Waals surface area (Å²) in [7, 11) is 0. The Labute approximate surface area is 109 Å². The van der Waals surface area contributed by atoms with Crippen molar-refractivity contribution in [2.75, 3.05) is 12.3 Å². The second-order valence-corrected chi connectivity index (χ2v) is 4.60. The average molecular weight is 249 g/mol. The Balaban J connectivity index is 2.81. The molecule has 0 aromatic heterocycles. The zero-order chi connectivity index (χ0) is 13.6. The molecule has 1 amide bonds. The molecule has 5 N–H and O–H groups in total. The summed E-state index contributed by atoms with van der Waals surface area (Å²) < 4.78 is 0. The molecule has 0 aliphatic carbocycles. The summed E-state index contributed by atoms with van der Waals surface area (Å²) in [6.45, 7) is 4.72. The predicted molar refractivity (Wildman–Crippen MR) is 75.3 cm³/mol. The second-order valence-electron chi connectivity index (χ2n) is 4.60. The molecule has 4 heteroatoms. The summed E-state index contributed by atoms with van der Waals surface area (Å²) in [5.41, 5.74) is 12.3. The van der Waals surface area contributed by atoms with Gasteiger partial charge in [-0.05, 0) is 50.1 Å². The van der Waals surface area contributed by atoms with Crippen LogP contribution in [0.3, 0.4) is 0 Å². The molecule has 1 rings (SSSR count). The molecule has 0 atom stereocenters. The molecule has 4 nitrogen and oxygen atoms in total. The number of nitrogen functional groups attached to an aromatic ring is 1. The molecule has 1 aromatic carbocycles. The fraction of sp³-hybridized carbons (Fsp3) is 0.500. The van der Waals surface area contributed by atoms with E-state index in [1.807, 2.05) is 0 Å². The van der Waals surface area contributed by atoms with Crippen molar-refractivity contribution in [3.8, 4) is 0 Å². The van der Waals surface area contributed by atoms with Crippen LogP contribution in [0.25, 0.3) is 0 Å². The Bertz CT molecular complexity index is 383. The number of nitrogens with two attached hydrogens (primary N) is 2. The van der Waals surface area contributed by atoms with Crippen LogP contribution in [0.15, 0.2) is 24.3 Å². The van der Waals surface area contributed by atoms with Crippen molar-refractivity contribution in [1.82, 2.24) is 5.32 Å². The maximum absolute atomic E-state index is 12.2. The van der Waals surface area contributed by atoms with Crippen molar-refractivity contribution in [1.29, 1.82) is 0 Å². The first-order chi connectivity index (χ1) is 8.56. The molecular formula is C14H23N3O. The maximum Gasteiger partial charge on any atom is 0.251 e. The zero-order valence-corrected chi connectivity index (χ0v) is 11.2. The van der Waals surface area contributed by atoms with Gasteiger partial charge in [-0.2, -0.15) is 0 Å². The number of hydrogen-bond donors (Lipinski definition) is 3. The van der Waals surface area contributed by atoms with Crippen molar-refractivity contribution in [2.45, 2.75) is 38.6 Å². The third-order valence-corrected chi connectivity index (χ3v) is 3.53. The molecule has 0 saturated carbocycles. The first-order valence-corrected chi connectivity index (χ1v) is 6.45. The summed E-state index contributed by atoms with van der Waals surface area (Å²) in [5.74, 6) is -0.0628. The van der Waals surface area contributed by atoms with Crippen LogP contribution < -0.4 is 16.8 Å². The highest BCUT2D eigenvalue weighted by Gasteiger charge is 2.27. The molecule has 0 spiro atoms. The van der Waals surface area contributed by atoms with E-state index in [0.717, 1.165) is 19.3 Å². The van der Waals surface area contributed by atoms with Gasteiger partial charge in [0, 0.05) is 16.8 Å². The smallest absolute Gasteiger partial charge is 0.251 e. The van der Waals surface area contributed by atoms with Gasteiger partial charge in [0.05, 0.1) is 0 Å². The fourth-order valence-corrected chi connectivity index (χ4v) is 2.07. The first kappa shape index (κ1) is 14.5. The third kappa shape index (κ3) is 3.47. The van der Waals surface area contributed by atoms with Gasteiger partial charge >= 0.3 is 0 Å². The van der Waals surface area contributed by atoms with E-state index in [0.29, 0.717) is 17.8 Å². The lowest BCUT2D eigenvalue weighted by molar-refractivity contribution is 0.0887. The van der Waals surface area contributed by atoms with E-state index >= 15 is 0 Å². The van der Waals surface area contributed by atoms with E-state index in [9.17, 15) is 4.79 Å². The summed E-state index contributed by atoms with van der Waals surface area (Å²) in [4.78, 5) is 12.2. The summed E-state index contributed by atoms with van der Waals surface area (Å²) >= 11 is 0. The highest BCUT2D eigenvalue weighted by Crippen LogP contribution is 2.20. The standard InChI is InChI=1S/C14H23N3O/c1-3-14(4-2,9-10-15)17-13(18)11-5-7-12(16)8-6-11/h5-8H,3-4,9-10,15-16H2,1-2H3,(H,17,18). The van der Waals surface area contributed by atoms with Crippen molar-refractivity contribution >= 4 is 11.6 Å². The lowest BCUT2D eigenvalue weighted by Gasteiger charge is -2.32. The molecule has 0 saturated heterocycles. The number of carbonyl (C=O) groups excluding carboxylic acids is 1. The van der Waals surface area contributed by atoms with E-state index in [2.05, 4.69) is 19.2 Å². The number of benzene rings is 1.